The quantitative estimate of drug-likeness (QED) is 0.650. The first-order valence-electron chi connectivity index (χ1n) is 5.27. The molecule has 94 valence electrons. The van der Waals surface area contributed by atoms with Crippen molar-refractivity contribution in [3.05, 3.63) is 0 Å². The maximum absolute atomic E-state index is 11.3. The largest absolute Gasteiger partial charge is 0.480 e. The van der Waals surface area contributed by atoms with Crippen LogP contribution in [-0.4, -0.2) is 68.6 Å². The molecule has 0 aromatic rings. The van der Waals surface area contributed by atoms with Crippen molar-refractivity contribution in [3.63, 3.8) is 0 Å². The van der Waals surface area contributed by atoms with E-state index in [1.54, 1.807) is 7.05 Å². The second kappa shape index (κ2) is 5.60. The van der Waals surface area contributed by atoms with Crippen molar-refractivity contribution in [1.29, 1.82) is 0 Å². The number of carboxylic acid groups (broad SMARTS) is 1. The van der Waals surface area contributed by atoms with E-state index in [4.69, 9.17) is 5.11 Å². The molecule has 0 aliphatic carbocycles. The Balaban J connectivity index is 2.52. The number of nitrogens with one attached hydrogen (secondary N) is 1. The lowest BCUT2D eigenvalue weighted by molar-refractivity contribution is -0.139. The molecule has 7 heteroatoms. The van der Waals surface area contributed by atoms with Crippen LogP contribution in [0.5, 0.6) is 0 Å². The van der Waals surface area contributed by atoms with Crippen molar-refractivity contribution >= 4 is 15.8 Å². The molecule has 1 fully saturated rings. The zero-order chi connectivity index (χ0) is 12.2. The number of nitrogens with zero attached hydrogens (tertiary/aromatic N) is 1. The van der Waals surface area contributed by atoms with Crippen molar-refractivity contribution < 1.29 is 18.3 Å². The molecular weight excluding hydrogens is 232 g/mol. The topological polar surface area (TPSA) is 86.7 Å². The van der Waals surface area contributed by atoms with E-state index < -0.39 is 21.8 Å². The highest BCUT2D eigenvalue weighted by atomic mass is 32.2. The molecule has 1 aliphatic rings. The summed E-state index contributed by atoms with van der Waals surface area (Å²) in [6.45, 7) is 1.42. The summed E-state index contributed by atoms with van der Waals surface area (Å²) in [7, 11) is -1.33. The highest BCUT2D eigenvalue weighted by Crippen LogP contribution is 2.05. The first-order chi connectivity index (χ1) is 7.44. The third kappa shape index (κ3) is 4.07. The van der Waals surface area contributed by atoms with Crippen LogP contribution in [0.2, 0.25) is 0 Å². The number of hydrogen-bond acceptors (Lipinski definition) is 5. The molecule has 1 atom stereocenters. The van der Waals surface area contributed by atoms with Crippen molar-refractivity contribution in [2.24, 2.45) is 0 Å². The van der Waals surface area contributed by atoms with Crippen molar-refractivity contribution in [2.75, 3.05) is 38.2 Å². The van der Waals surface area contributed by atoms with E-state index in [0.29, 0.717) is 26.1 Å². The van der Waals surface area contributed by atoms with Gasteiger partial charge in [-0.2, -0.15) is 0 Å². The molecule has 0 spiro atoms. The fraction of sp³-hybridized carbons (Fsp3) is 0.889. The second-order valence-electron chi connectivity index (χ2n) is 3.99. The lowest BCUT2D eigenvalue weighted by Gasteiger charge is -2.22. The Hall–Kier alpha value is -0.660. The fourth-order valence-corrected chi connectivity index (χ4v) is 3.03. The first-order valence-corrected chi connectivity index (χ1v) is 7.09. The van der Waals surface area contributed by atoms with Crippen LogP contribution in [0.4, 0.5) is 0 Å². The highest BCUT2D eigenvalue weighted by molar-refractivity contribution is 7.91. The summed E-state index contributed by atoms with van der Waals surface area (Å²) in [4.78, 5) is 12.7. The molecule has 2 N–H and O–H groups in total. The highest BCUT2D eigenvalue weighted by Gasteiger charge is 2.23. The molecule has 0 radical (unpaired) electrons. The standard InChI is InChI=1S/C9H18N2O4S/c1-10-8(9(12)13)7-11-3-2-5-16(14,15)6-4-11/h8,10H,2-7H2,1H3,(H,12,13). The third-order valence-corrected chi connectivity index (χ3v) is 4.45. The third-order valence-electron chi connectivity index (χ3n) is 2.74. The Labute approximate surface area is 95.5 Å². The van der Waals surface area contributed by atoms with Gasteiger partial charge in [0.2, 0.25) is 0 Å². The fourth-order valence-electron chi connectivity index (χ4n) is 1.72. The molecule has 0 aromatic heterocycles. The number of likely N-dealkylation sites (N-methyl/N-ethyl adjacent to an activating group) is 1. The van der Waals surface area contributed by atoms with Crippen LogP contribution in [0, 0.1) is 0 Å². The van der Waals surface area contributed by atoms with Gasteiger partial charge in [-0.3, -0.25) is 4.79 Å². The second-order valence-corrected chi connectivity index (χ2v) is 6.29. The SMILES string of the molecule is CNC(CN1CCCS(=O)(=O)CC1)C(=O)O. The average molecular weight is 250 g/mol. The number of rotatable bonds is 4. The predicted octanol–water partition coefficient (Wildman–Crippen LogP) is -1.22. The Kier molecular flexibility index (Phi) is 4.69. The Bertz CT molecular complexity index is 341. The van der Waals surface area contributed by atoms with E-state index in [2.05, 4.69) is 5.32 Å². The van der Waals surface area contributed by atoms with Crippen molar-refractivity contribution in [3.8, 4) is 0 Å². The first kappa shape index (κ1) is 13.4. The molecule has 1 saturated heterocycles. The van der Waals surface area contributed by atoms with Gasteiger partial charge in [-0.1, -0.05) is 0 Å². The van der Waals surface area contributed by atoms with Crippen LogP contribution in [0.15, 0.2) is 0 Å². The Morgan fingerprint density at radius 3 is 2.69 bits per heavy atom. The summed E-state index contributed by atoms with van der Waals surface area (Å²) in [5, 5.41) is 11.6. The van der Waals surface area contributed by atoms with Crippen LogP contribution in [0.25, 0.3) is 0 Å². The van der Waals surface area contributed by atoms with E-state index >= 15 is 0 Å². The van der Waals surface area contributed by atoms with Gasteiger partial charge in [0.1, 0.15) is 6.04 Å². The molecule has 1 rings (SSSR count). The van der Waals surface area contributed by atoms with E-state index in [0.717, 1.165) is 0 Å². The monoisotopic (exact) mass is 250 g/mol. The zero-order valence-electron chi connectivity index (χ0n) is 9.35. The summed E-state index contributed by atoms with van der Waals surface area (Å²) in [6, 6.07) is -0.638. The summed E-state index contributed by atoms with van der Waals surface area (Å²) in [5.74, 6) is -0.571. The van der Waals surface area contributed by atoms with E-state index in [9.17, 15) is 13.2 Å². The molecule has 1 aliphatic heterocycles. The summed E-state index contributed by atoms with van der Waals surface area (Å²) < 4.78 is 22.7. The minimum atomic E-state index is -2.92. The number of hydrogen-bond donors (Lipinski definition) is 2. The number of sulfone groups is 1. The average Bonchev–Trinajstić information content (AvgIpc) is 2.36. The summed E-state index contributed by atoms with van der Waals surface area (Å²) in [5.41, 5.74) is 0. The lowest BCUT2D eigenvalue weighted by Crippen LogP contribution is -2.45. The van der Waals surface area contributed by atoms with Gasteiger partial charge < -0.3 is 15.3 Å². The molecule has 1 heterocycles. The normalized spacial score (nSPS) is 23.6. The number of carbonyl (C=O) groups is 1. The van der Waals surface area contributed by atoms with Crippen molar-refractivity contribution in [1.82, 2.24) is 10.2 Å². The molecule has 0 aromatic carbocycles. The molecule has 16 heavy (non-hydrogen) atoms. The predicted molar refractivity (Wildman–Crippen MR) is 60.2 cm³/mol. The lowest BCUT2D eigenvalue weighted by atomic mass is 10.2. The van der Waals surface area contributed by atoms with E-state index in [-0.39, 0.29) is 11.5 Å². The van der Waals surface area contributed by atoms with E-state index in [1.807, 2.05) is 4.90 Å². The minimum Gasteiger partial charge on any atom is -0.480 e. The zero-order valence-corrected chi connectivity index (χ0v) is 10.2. The van der Waals surface area contributed by atoms with Gasteiger partial charge in [-0.25, -0.2) is 8.42 Å². The number of aliphatic carboxylic acids is 1. The Morgan fingerprint density at radius 1 is 1.44 bits per heavy atom. The van der Waals surface area contributed by atoms with Gasteiger partial charge in [0.05, 0.1) is 11.5 Å². The smallest absolute Gasteiger partial charge is 0.322 e. The molecule has 1 unspecified atom stereocenters. The molecule has 0 amide bonds. The van der Waals surface area contributed by atoms with E-state index in [1.165, 1.54) is 0 Å². The van der Waals surface area contributed by atoms with Gasteiger partial charge in [0.25, 0.3) is 0 Å². The van der Waals surface area contributed by atoms with Crippen LogP contribution in [0.1, 0.15) is 6.42 Å². The van der Waals surface area contributed by atoms with Crippen molar-refractivity contribution in [2.45, 2.75) is 12.5 Å². The van der Waals surface area contributed by atoms with Gasteiger partial charge in [-0.05, 0) is 20.0 Å². The van der Waals surface area contributed by atoms with Gasteiger partial charge in [0.15, 0.2) is 9.84 Å². The van der Waals surface area contributed by atoms with Gasteiger partial charge in [-0.15, -0.1) is 0 Å². The molecule has 0 saturated carbocycles. The summed E-state index contributed by atoms with van der Waals surface area (Å²) >= 11 is 0. The van der Waals surface area contributed by atoms with Crippen LogP contribution >= 0.6 is 0 Å². The maximum atomic E-state index is 11.3. The van der Waals surface area contributed by atoms with Crippen LogP contribution in [0.3, 0.4) is 0 Å². The Morgan fingerprint density at radius 2 is 2.12 bits per heavy atom. The van der Waals surface area contributed by atoms with Crippen LogP contribution < -0.4 is 5.32 Å². The van der Waals surface area contributed by atoms with Crippen LogP contribution in [-0.2, 0) is 14.6 Å². The molecule has 0 bridgehead atoms. The number of carboxylic acids is 1. The minimum absolute atomic E-state index is 0.128. The summed E-state index contributed by atoms with van der Waals surface area (Å²) in [6.07, 6.45) is 0.582. The molecule has 6 nitrogen and oxygen atoms in total. The molecular formula is C9H18N2O4S. The van der Waals surface area contributed by atoms with Gasteiger partial charge in [0, 0.05) is 13.1 Å². The maximum Gasteiger partial charge on any atom is 0.322 e. The van der Waals surface area contributed by atoms with Gasteiger partial charge >= 0.3 is 5.97 Å².